The summed E-state index contributed by atoms with van der Waals surface area (Å²) in [6.07, 6.45) is 31.6. The first-order chi connectivity index (χ1) is 11.4. The zero-order valence-corrected chi connectivity index (χ0v) is 16.2. The van der Waals surface area contributed by atoms with E-state index in [4.69, 9.17) is 0 Å². The van der Waals surface area contributed by atoms with Crippen LogP contribution in [0.15, 0.2) is 11.6 Å². The van der Waals surface area contributed by atoms with Crippen LogP contribution >= 0.6 is 0 Å². The summed E-state index contributed by atoms with van der Waals surface area (Å²) >= 11 is 0. The average Bonchev–Trinajstić information content (AvgIpc) is 3.08. The van der Waals surface area contributed by atoms with Crippen LogP contribution in [0.3, 0.4) is 0 Å². The van der Waals surface area contributed by atoms with Gasteiger partial charge >= 0.3 is 0 Å². The second kappa shape index (κ2) is 16.6. The van der Waals surface area contributed by atoms with Gasteiger partial charge in [0.25, 0.3) is 0 Å². The van der Waals surface area contributed by atoms with Crippen LogP contribution in [0.1, 0.15) is 135 Å². The van der Waals surface area contributed by atoms with Gasteiger partial charge < -0.3 is 0 Å². The van der Waals surface area contributed by atoms with Gasteiger partial charge in [-0.15, -0.1) is 0 Å². The molecule has 0 fully saturated rings. The smallest absolute Gasteiger partial charge is 0.0317 e. The molecule has 0 aliphatic heterocycles. The van der Waals surface area contributed by atoms with E-state index in [0.29, 0.717) is 0 Å². The average molecular weight is 321 g/mol. The third-order valence-corrected chi connectivity index (χ3v) is 5.49. The molecule has 23 heavy (non-hydrogen) atoms. The first-order valence-electron chi connectivity index (χ1n) is 11.1. The Hall–Kier alpha value is -0.260. The Morgan fingerprint density at radius 3 is 1.43 bits per heavy atom. The Morgan fingerprint density at radius 1 is 0.609 bits per heavy atom. The van der Waals surface area contributed by atoms with Crippen molar-refractivity contribution < 1.29 is 0 Å². The largest absolute Gasteiger partial charge is 0.0853 e. The molecule has 0 saturated heterocycles. The fraction of sp³-hybridized carbons (Fsp3) is 0.913. The second-order valence-corrected chi connectivity index (χ2v) is 7.81. The van der Waals surface area contributed by atoms with Gasteiger partial charge in [-0.2, -0.15) is 0 Å². The fourth-order valence-electron chi connectivity index (χ4n) is 3.86. The van der Waals surface area contributed by atoms with Crippen molar-refractivity contribution in [3.05, 3.63) is 11.6 Å². The fourth-order valence-corrected chi connectivity index (χ4v) is 3.86. The van der Waals surface area contributed by atoms with Gasteiger partial charge in [-0.25, -0.2) is 0 Å². The van der Waals surface area contributed by atoms with E-state index < -0.39 is 0 Å². The molecule has 0 atom stereocenters. The molecule has 0 aromatic rings. The molecule has 0 unspecified atom stereocenters. The molecule has 0 bridgehead atoms. The zero-order chi connectivity index (χ0) is 16.4. The van der Waals surface area contributed by atoms with Crippen molar-refractivity contribution >= 4 is 0 Å². The number of rotatable bonds is 17. The Labute approximate surface area is 147 Å². The molecule has 0 aromatic carbocycles. The number of hydrogen-bond acceptors (Lipinski definition) is 0. The van der Waals surface area contributed by atoms with Crippen LogP contribution < -0.4 is 0 Å². The predicted molar refractivity (Wildman–Crippen MR) is 106 cm³/mol. The molecule has 136 valence electrons. The summed E-state index contributed by atoms with van der Waals surface area (Å²) in [4.78, 5) is 0. The molecule has 0 nitrogen and oxygen atoms in total. The highest BCUT2D eigenvalue weighted by Gasteiger charge is 2.03. The minimum atomic E-state index is 1.36. The number of allylic oxidation sites excluding steroid dienone is 2. The van der Waals surface area contributed by atoms with Crippen molar-refractivity contribution in [3.63, 3.8) is 0 Å². The van der Waals surface area contributed by atoms with E-state index in [0.717, 1.165) is 0 Å². The minimum absolute atomic E-state index is 1.36. The van der Waals surface area contributed by atoms with Crippen molar-refractivity contribution in [2.75, 3.05) is 0 Å². The molecular weight excluding hydrogens is 276 g/mol. The third kappa shape index (κ3) is 13.8. The standard InChI is InChI=1S/C23H44/c1-2-3-4-5-6-7-8-9-10-11-12-13-14-15-16-17-20-23-21-18-19-22-23/h21H,2-20,22H2,1H3. The van der Waals surface area contributed by atoms with Gasteiger partial charge in [0.15, 0.2) is 0 Å². The molecule has 0 saturated carbocycles. The van der Waals surface area contributed by atoms with Gasteiger partial charge in [0.1, 0.15) is 0 Å². The molecular formula is C23H44. The van der Waals surface area contributed by atoms with E-state index in [-0.39, 0.29) is 0 Å². The van der Waals surface area contributed by atoms with E-state index in [2.05, 4.69) is 13.0 Å². The number of unbranched alkanes of at least 4 members (excludes halogenated alkanes) is 15. The lowest BCUT2D eigenvalue weighted by Gasteiger charge is -2.04. The summed E-state index contributed by atoms with van der Waals surface area (Å²) < 4.78 is 0. The quantitative estimate of drug-likeness (QED) is 0.185. The summed E-state index contributed by atoms with van der Waals surface area (Å²) in [5.74, 6) is 0. The molecule has 1 aliphatic rings. The lowest BCUT2D eigenvalue weighted by Crippen LogP contribution is -1.84. The maximum absolute atomic E-state index is 2.49. The maximum Gasteiger partial charge on any atom is -0.0317 e. The zero-order valence-electron chi connectivity index (χ0n) is 16.2. The van der Waals surface area contributed by atoms with Gasteiger partial charge in [0.2, 0.25) is 0 Å². The van der Waals surface area contributed by atoms with Crippen LogP contribution in [-0.2, 0) is 0 Å². The van der Waals surface area contributed by atoms with Crippen LogP contribution in [0.4, 0.5) is 0 Å². The van der Waals surface area contributed by atoms with Gasteiger partial charge in [-0.1, -0.05) is 115 Å². The van der Waals surface area contributed by atoms with Crippen LogP contribution in [0.25, 0.3) is 0 Å². The van der Waals surface area contributed by atoms with Crippen molar-refractivity contribution in [1.82, 2.24) is 0 Å². The summed E-state index contributed by atoms with van der Waals surface area (Å²) in [5.41, 5.74) is 1.76. The Balaban J connectivity index is 1.65. The summed E-state index contributed by atoms with van der Waals surface area (Å²) in [6.45, 7) is 2.30. The topological polar surface area (TPSA) is 0 Å². The van der Waals surface area contributed by atoms with E-state index in [1.165, 1.54) is 128 Å². The molecule has 0 spiro atoms. The van der Waals surface area contributed by atoms with Crippen LogP contribution in [-0.4, -0.2) is 0 Å². The highest BCUT2D eigenvalue weighted by Crippen LogP contribution is 2.23. The second-order valence-electron chi connectivity index (χ2n) is 7.81. The van der Waals surface area contributed by atoms with E-state index >= 15 is 0 Å². The molecule has 0 aromatic heterocycles. The minimum Gasteiger partial charge on any atom is -0.0853 e. The molecule has 0 amide bonds. The monoisotopic (exact) mass is 320 g/mol. The summed E-state index contributed by atoms with van der Waals surface area (Å²) in [6, 6.07) is 0. The van der Waals surface area contributed by atoms with Gasteiger partial charge in [0.05, 0.1) is 0 Å². The molecule has 0 N–H and O–H groups in total. The SMILES string of the molecule is CCCCCCCCCCCCCCCCCCC1=CCCC1. The first kappa shape index (κ1) is 20.8. The van der Waals surface area contributed by atoms with Crippen molar-refractivity contribution in [2.24, 2.45) is 0 Å². The molecule has 0 heterocycles. The van der Waals surface area contributed by atoms with Crippen molar-refractivity contribution in [3.8, 4) is 0 Å². The molecule has 0 heteroatoms. The lowest BCUT2D eigenvalue weighted by atomic mass is 10.0. The van der Waals surface area contributed by atoms with E-state index in [1.54, 1.807) is 5.57 Å². The Morgan fingerprint density at radius 2 is 1.04 bits per heavy atom. The van der Waals surface area contributed by atoms with Crippen LogP contribution in [0, 0.1) is 0 Å². The van der Waals surface area contributed by atoms with Gasteiger partial charge in [-0.3, -0.25) is 0 Å². The number of hydrogen-bond donors (Lipinski definition) is 0. The summed E-state index contributed by atoms with van der Waals surface area (Å²) in [5, 5.41) is 0. The highest BCUT2D eigenvalue weighted by atomic mass is 14.1. The van der Waals surface area contributed by atoms with E-state index in [1.807, 2.05) is 0 Å². The molecule has 1 aliphatic carbocycles. The van der Waals surface area contributed by atoms with Crippen LogP contribution in [0.5, 0.6) is 0 Å². The van der Waals surface area contributed by atoms with Crippen molar-refractivity contribution in [1.29, 1.82) is 0 Å². The predicted octanol–water partition coefficient (Wildman–Crippen LogP) is 8.75. The molecule has 0 radical (unpaired) electrons. The normalized spacial score (nSPS) is 14.4. The molecule has 1 rings (SSSR count). The van der Waals surface area contributed by atoms with Crippen molar-refractivity contribution in [2.45, 2.75) is 135 Å². The summed E-state index contributed by atoms with van der Waals surface area (Å²) in [7, 11) is 0. The third-order valence-electron chi connectivity index (χ3n) is 5.49. The Kier molecular flexibility index (Phi) is 15.0. The van der Waals surface area contributed by atoms with Crippen LogP contribution in [0.2, 0.25) is 0 Å². The van der Waals surface area contributed by atoms with Gasteiger partial charge in [-0.05, 0) is 32.1 Å². The lowest BCUT2D eigenvalue weighted by molar-refractivity contribution is 0.529. The van der Waals surface area contributed by atoms with Gasteiger partial charge in [0, 0.05) is 0 Å². The highest BCUT2D eigenvalue weighted by molar-refractivity contribution is 5.06. The first-order valence-corrected chi connectivity index (χ1v) is 11.1. The Bertz CT molecular complexity index is 263. The maximum atomic E-state index is 2.49. The van der Waals surface area contributed by atoms with E-state index in [9.17, 15) is 0 Å².